The van der Waals surface area contributed by atoms with Gasteiger partial charge in [-0.15, -0.1) is 25.5 Å². The van der Waals surface area contributed by atoms with Crippen LogP contribution in [0.5, 0.6) is 57.5 Å². The molecule has 0 aliphatic carbocycles. The third-order valence-electron chi connectivity index (χ3n) is 20.3. The first-order valence-electron chi connectivity index (χ1n) is 45.8. The maximum atomic E-state index is 12.8. The molecule has 10 aromatic carbocycles. The van der Waals surface area contributed by atoms with E-state index in [1.54, 1.807) is 152 Å². The van der Waals surface area contributed by atoms with Crippen LogP contribution in [0.25, 0.3) is 112 Å². The number of fused-ring (bicyclic) bond motifs is 5. The fourth-order valence-electron chi connectivity index (χ4n) is 14.4. The fraction of sp³-hybridized carbons (Fsp3) is 0.150. The van der Waals surface area contributed by atoms with E-state index in [1.165, 1.54) is 114 Å². The van der Waals surface area contributed by atoms with Gasteiger partial charge in [-0.25, -0.2) is 0 Å². The van der Waals surface area contributed by atoms with E-state index < -0.39 is 35.8 Å². The minimum Gasteiger partial charge on any atom is -0.493 e. The molecule has 0 atom stereocenters. The van der Waals surface area contributed by atoms with Crippen molar-refractivity contribution in [2.75, 3.05) is 33.0 Å². The number of carboxylic acid groups (broad SMARTS) is 1. The Morgan fingerprint density at radius 2 is 0.383 bits per heavy atom. The fourth-order valence-corrected chi connectivity index (χ4v) is 18.8. The summed E-state index contributed by atoms with van der Waals surface area (Å²) in [4.78, 5) is 154. The van der Waals surface area contributed by atoms with Crippen LogP contribution in [-0.2, 0) is 28.8 Å². The van der Waals surface area contributed by atoms with Crippen LogP contribution >= 0.6 is 56.7 Å². The first-order valence-corrected chi connectivity index (χ1v) is 49.9. The molecule has 0 bridgehead atoms. The van der Waals surface area contributed by atoms with Crippen molar-refractivity contribution in [1.82, 2.24) is 73.0 Å². The van der Waals surface area contributed by atoms with E-state index in [4.69, 9.17) is 57.3 Å². The average molecular weight is 2100 g/mol. The number of esters is 5. The number of carbonyl (C=O) groups is 6. The van der Waals surface area contributed by atoms with E-state index in [0.717, 1.165) is 34.7 Å². The summed E-state index contributed by atoms with van der Waals surface area (Å²) in [5.74, 6) is 3.92. The van der Waals surface area contributed by atoms with Gasteiger partial charge < -0.3 is 52.5 Å². The Kier molecular flexibility index (Phi) is 34.6. The number of para-hydroxylation sites is 10. The second kappa shape index (κ2) is 49.0. The first-order chi connectivity index (χ1) is 72.0. The Labute approximate surface area is 864 Å². The Balaban J connectivity index is 0.000000138. The normalized spacial score (nSPS) is 11.6. The highest BCUT2D eigenvalue weighted by atomic mass is 32.1. The van der Waals surface area contributed by atoms with Crippen LogP contribution in [0.2, 0.25) is 0 Å². The van der Waals surface area contributed by atoms with Crippen molar-refractivity contribution in [3.63, 3.8) is 0 Å². The van der Waals surface area contributed by atoms with Crippen molar-refractivity contribution in [3.05, 3.63) is 345 Å². The number of carbonyl (C=O) groups excluding carboxylic acids is 5. The standard InChI is InChI=1S/5C21H17N3O4S.C2H4O2/c5*1-3-27-16-10-6-4-8-14(16)12-18-20(26)24-21(29-18)22-19(23-24)15-9-5-7-11-17(15)28-13(2)25;1-2(3)4/h5*4-12H,3H2,1-2H3;1H3,(H,3,4)/b5*18-12-;. The number of nitrogens with zero attached hydrogens (tertiary/aromatic N) is 15. The molecule has 42 heteroatoms. The average Bonchev–Trinajstić information content (AvgIpc) is 1.64. The smallest absolute Gasteiger partial charge is 0.308 e. The van der Waals surface area contributed by atoms with E-state index in [9.17, 15) is 47.9 Å². The predicted octanol–water partition coefficient (Wildman–Crippen LogP) is 13.5. The van der Waals surface area contributed by atoms with Gasteiger partial charge >= 0.3 is 29.8 Å². The van der Waals surface area contributed by atoms with Crippen LogP contribution in [0.3, 0.4) is 0 Å². The van der Waals surface area contributed by atoms with Crippen LogP contribution < -0.4 is 97.8 Å². The van der Waals surface area contributed by atoms with Gasteiger partial charge in [0.25, 0.3) is 33.8 Å². The lowest BCUT2D eigenvalue weighted by molar-refractivity contribution is -0.135. The molecule has 37 nitrogen and oxygen atoms in total. The SMILES string of the molecule is CC(=O)O.CCOc1ccccc1/C=c1\sc2nc(-c3ccccc3OC(C)=O)nn2c1=O.CCOc1ccccc1/C=c1\sc2nc(-c3ccccc3OC(C)=O)nn2c1=O.CCOc1ccccc1/C=c1\sc2nc(-c3ccccc3OC(C)=O)nn2c1=O.CCOc1ccccc1/C=c1\sc2nc(-c3ccccc3OC(C)=O)nn2c1=O.CCOc1ccccc1/C=c1\sc2nc(-c3ccccc3OC(C)=O)nn2c1=O. The maximum absolute atomic E-state index is 12.8. The number of benzene rings is 10. The van der Waals surface area contributed by atoms with Gasteiger partial charge in [0.15, 0.2) is 29.1 Å². The Morgan fingerprint density at radius 3 is 0.523 bits per heavy atom. The van der Waals surface area contributed by atoms with Gasteiger partial charge in [0.1, 0.15) is 57.5 Å². The molecule has 149 heavy (non-hydrogen) atoms. The minimum absolute atomic E-state index is 0.264. The summed E-state index contributed by atoms with van der Waals surface area (Å²) in [5, 5.41) is 29.1. The second-order valence-corrected chi connectivity index (χ2v) is 36.1. The monoisotopic (exact) mass is 2100 g/mol. The van der Waals surface area contributed by atoms with Gasteiger partial charge in [-0.1, -0.05) is 208 Å². The zero-order valence-corrected chi connectivity index (χ0v) is 85.4. The lowest BCUT2D eigenvalue weighted by Gasteiger charge is -2.05. The highest BCUT2D eigenvalue weighted by molar-refractivity contribution is 7.16. The van der Waals surface area contributed by atoms with Crippen molar-refractivity contribution in [3.8, 4) is 114 Å². The van der Waals surface area contributed by atoms with Gasteiger partial charge in [-0.2, -0.15) is 47.5 Å². The largest absolute Gasteiger partial charge is 0.493 e. The lowest BCUT2D eigenvalue weighted by atomic mass is 10.2. The van der Waals surface area contributed by atoms with Gasteiger partial charge in [0.2, 0.25) is 24.8 Å². The molecular weight excluding hydrogens is 2010 g/mol. The van der Waals surface area contributed by atoms with Crippen LogP contribution in [0.1, 0.15) is 104 Å². The number of carboxylic acids is 1. The van der Waals surface area contributed by atoms with Crippen molar-refractivity contribution in [2.24, 2.45) is 0 Å². The highest BCUT2D eigenvalue weighted by Gasteiger charge is 2.25. The molecule has 0 saturated carbocycles. The number of aliphatic carboxylic acids is 1. The number of ether oxygens (including phenoxy) is 10. The molecule has 0 spiro atoms. The van der Waals surface area contributed by atoms with E-state index in [2.05, 4.69) is 50.4 Å². The summed E-state index contributed by atoms with van der Waals surface area (Å²) < 4.78 is 63.0. The quantitative estimate of drug-likeness (QED) is 0.0410. The topological polar surface area (TPSA) is 451 Å². The zero-order chi connectivity index (χ0) is 105. The van der Waals surface area contributed by atoms with Gasteiger partial charge in [0.05, 0.1) is 83.5 Å². The van der Waals surface area contributed by atoms with Crippen LogP contribution in [0, 0.1) is 0 Å². The third-order valence-corrected chi connectivity index (χ3v) is 25.1. The molecule has 754 valence electrons. The Hall–Kier alpha value is -18.1. The molecule has 20 aromatic rings. The Bertz CT molecular complexity index is 7850. The molecule has 0 fully saturated rings. The van der Waals surface area contributed by atoms with Gasteiger partial charge in [-0.3, -0.25) is 52.7 Å². The summed E-state index contributed by atoms with van der Waals surface area (Å²) in [7, 11) is 0. The van der Waals surface area contributed by atoms with Gasteiger partial charge in [0, 0.05) is 69.4 Å². The molecule has 20 rings (SSSR count). The maximum Gasteiger partial charge on any atom is 0.308 e. The number of rotatable bonds is 25. The molecule has 0 radical (unpaired) electrons. The first kappa shape index (κ1) is 105. The molecule has 0 aliphatic rings. The molecule has 1 N–H and O–H groups in total. The zero-order valence-electron chi connectivity index (χ0n) is 81.3. The summed E-state index contributed by atoms with van der Waals surface area (Å²) in [6.45, 7) is 20.0. The van der Waals surface area contributed by atoms with E-state index in [1.807, 2.05) is 156 Å². The second-order valence-electron chi connectivity index (χ2n) is 31.1. The summed E-state index contributed by atoms with van der Waals surface area (Å²) in [6.07, 6.45) is 8.89. The number of aromatic nitrogens is 15. The molecule has 10 aromatic heterocycles. The van der Waals surface area contributed by atoms with Crippen molar-refractivity contribution in [1.29, 1.82) is 0 Å². The molecule has 10 heterocycles. The molecular formula is C107H89N15O22S5. The summed E-state index contributed by atoms with van der Waals surface area (Å²) in [5.41, 5.74) is 5.49. The van der Waals surface area contributed by atoms with E-state index >= 15 is 0 Å². The summed E-state index contributed by atoms with van der Waals surface area (Å²) in [6, 6.07) is 72.4. The third kappa shape index (κ3) is 25.8. The highest BCUT2D eigenvalue weighted by Crippen LogP contribution is 2.35. The molecule has 0 aliphatic heterocycles. The predicted molar refractivity (Wildman–Crippen MR) is 565 cm³/mol. The van der Waals surface area contributed by atoms with Gasteiger partial charge in [-0.05, 0) is 156 Å². The van der Waals surface area contributed by atoms with Crippen LogP contribution in [0.15, 0.2) is 267 Å². The minimum atomic E-state index is -0.833. The van der Waals surface area contributed by atoms with Crippen molar-refractivity contribution >= 4 is 148 Å². The number of hydrogen-bond donors (Lipinski definition) is 1. The van der Waals surface area contributed by atoms with Crippen molar-refractivity contribution < 1.29 is 81.2 Å². The summed E-state index contributed by atoms with van der Waals surface area (Å²) >= 11 is 6.19. The molecule has 0 amide bonds. The van der Waals surface area contributed by atoms with E-state index in [0.29, 0.717) is 195 Å². The van der Waals surface area contributed by atoms with Crippen molar-refractivity contribution in [2.45, 2.75) is 76.2 Å². The number of hydrogen-bond acceptors (Lipinski definition) is 36. The Morgan fingerprint density at radius 1 is 0.242 bits per heavy atom. The van der Waals surface area contributed by atoms with E-state index in [-0.39, 0.29) is 27.8 Å². The van der Waals surface area contributed by atoms with Crippen LogP contribution in [-0.4, -0.2) is 147 Å². The van der Waals surface area contributed by atoms with Crippen LogP contribution in [0.4, 0.5) is 0 Å². The number of thiazole rings is 5. The lowest BCUT2D eigenvalue weighted by Crippen LogP contribution is -2.23. The molecule has 0 saturated heterocycles. The molecule has 0 unspecified atom stereocenters.